The zero-order chi connectivity index (χ0) is 11.1. The highest BCUT2D eigenvalue weighted by atomic mass is 16.5. The molecule has 78 valence electrons. The van der Waals surface area contributed by atoms with Crippen LogP contribution >= 0.6 is 0 Å². The largest absolute Gasteiger partial charge is 0.495 e. The summed E-state index contributed by atoms with van der Waals surface area (Å²) in [4.78, 5) is 0. The molecule has 1 aromatic carbocycles. The molecule has 2 heteroatoms. The molecular weight excluding hydrogens is 186 g/mol. The Morgan fingerprint density at radius 2 is 2.07 bits per heavy atom. The molecule has 0 bridgehead atoms. The maximum Gasteiger partial charge on any atom is 0.139 e. The molecule has 15 heavy (non-hydrogen) atoms. The lowest BCUT2D eigenvalue weighted by Crippen LogP contribution is -2.02. The van der Waals surface area contributed by atoms with Crippen molar-refractivity contribution in [1.29, 1.82) is 5.26 Å². The predicted octanol–water partition coefficient (Wildman–Crippen LogP) is 2.93. The smallest absolute Gasteiger partial charge is 0.139 e. The first-order valence-electron chi connectivity index (χ1n) is 5.20. The number of nitriles is 1. The Labute approximate surface area is 90.5 Å². The average molecular weight is 201 g/mol. The molecule has 1 fully saturated rings. The van der Waals surface area contributed by atoms with Gasteiger partial charge in [-0.05, 0) is 42.4 Å². The number of hydrogen-bond acceptors (Lipinski definition) is 2. The Bertz CT molecular complexity index is 439. The van der Waals surface area contributed by atoms with Crippen LogP contribution in [0.2, 0.25) is 0 Å². The molecule has 0 heterocycles. The zero-order valence-corrected chi connectivity index (χ0v) is 9.42. The van der Waals surface area contributed by atoms with Gasteiger partial charge in [-0.2, -0.15) is 5.26 Å². The van der Waals surface area contributed by atoms with Gasteiger partial charge in [0.05, 0.1) is 12.7 Å². The topological polar surface area (TPSA) is 33.0 Å². The normalized spacial score (nSPS) is 16.9. The van der Waals surface area contributed by atoms with Crippen molar-refractivity contribution in [3.05, 3.63) is 28.8 Å². The van der Waals surface area contributed by atoms with Crippen LogP contribution in [0.3, 0.4) is 0 Å². The van der Waals surface area contributed by atoms with E-state index in [-0.39, 0.29) is 0 Å². The fraction of sp³-hybridized carbons (Fsp3) is 0.462. The second-order valence-electron chi connectivity index (χ2n) is 4.55. The third-order valence-corrected chi connectivity index (χ3v) is 3.30. The number of nitrogens with zero attached hydrogens (tertiary/aromatic N) is 1. The second-order valence-corrected chi connectivity index (χ2v) is 4.55. The lowest BCUT2D eigenvalue weighted by atomic mass is 9.94. The predicted molar refractivity (Wildman–Crippen MR) is 59.0 cm³/mol. The van der Waals surface area contributed by atoms with Gasteiger partial charge in [0.25, 0.3) is 0 Å². The van der Waals surface area contributed by atoms with E-state index < -0.39 is 0 Å². The molecular formula is C13H15NO. The summed E-state index contributed by atoms with van der Waals surface area (Å²) >= 11 is 0. The molecule has 0 aliphatic heterocycles. The average Bonchev–Trinajstić information content (AvgIpc) is 2.96. The van der Waals surface area contributed by atoms with Gasteiger partial charge in [-0.15, -0.1) is 0 Å². The Hall–Kier alpha value is -1.49. The molecule has 0 atom stereocenters. The van der Waals surface area contributed by atoms with Crippen molar-refractivity contribution in [1.82, 2.24) is 0 Å². The summed E-state index contributed by atoms with van der Waals surface area (Å²) < 4.78 is 5.23. The molecule has 0 N–H and O–H groups in total. The number of methoxy groups -OCH3 is 1. The summed E-state index contributed by atoms with van der Waals surface area (Å²) in [5.41, 5.74) is 3.29. The van der Waals surface area contributed by atoms with Crippen molar-refractivity contribution in [3.8, 4) is 11.8 Å². The van der Waals surface area contributed by atoms with E-state index in [1.807, 2.05) is 13.0 Å². The SMILES string of the molecule is COc1c(C)cc(C2(C)CC2)cc1C#N. The maximum absolute atomic E-state index is 9.05. The fourth-order valence-electron chi connectivity index (χ4n) is 1.95. The van der Waals surface area contributed by atoms with Gasteiger partial charge in [-0.3, -0.25) is 0 Å². The molecule has 1 aliphatic carbocycles. The van der Waals surface area contributed by atoms with Gasteiger partial charge in [0.2, 0.25) is 0 Å². The third-order valence-electron chi connectivity index (χ3n) is 3.30. The molecule has 2 nitrogen and oxygen atoms in total. The van der Waals surface area contributed by atoms with E-state index in [0.717, 1.165) is 5.56 Å². The van der Waals surface area contributed by atoms with Crippen LogP contribution in [0.5, 0.6) is 5.75 Å². The number of hydrogen-bond donors (Lipinski definition) is 0. The minimum Gasteiger partial charge on any atom is -0.495 e. The van der Waals surface area contributed by atoms with E-state index >= 15 is 0 Å². The van der Waals surface area contributed by atoms with E-state index in [1.54, 1.807) is 7.11 Å². The second kappa shape index (κ2) is 3.27. The standard InChI is InChI=1S/C13H15NO/c1-9-6-11(13(2)4-5-13)7-10(8-14)12(9)15-3/h6-7H,4-5H2,1-3H3. The molecule has 0 radical (unpaired) electrons. The Morgan fingerprint density at radius 1 is 1.40 bits per heavy atom. The van der Waals surface area contributed by atoms with Crippen LogP contribution < -0.4 is 4.74 Å². The van der Waals surface area contributed by atoms with E-state index in [9.17, 15) is 0 Å². The first-order chi connectivity index (χ1) is 7.10. The van der Waals surface area contributed by atoms with Crippen molar-refractivity contribution in [2.45, 2.75) is 32.1 Å². The Morgan fingerprint density at radius 3 is 2.53 bits per heavy atom. The van der Waals surface area contributed by atoms with Crippen molar-refractivity contribution in [3.63, 3.8) is 0 Å². The minimum absolute atomic E-state index is 0.308. The van der Waals surface area contributed by atoms with Crippen molar-refractivity contribution in [2.24, 2.45) is 0 Å². The summed E-state index contributed by atoms with van der Waals surface area (Å²) in [6, 6.07) is 6.32. The van der Waals surface area contributed by atoms with E-state index in [4.69, 9.17) is 10.00 Å². The van der Waals surface area contributed by atoms with Crippen LogP contribution in [0, 0.1) is 18.3 Å². The summed E-state index contributed by atoms with van der Waals surface area (Å²) in [7, 11) is 1.61. The lowest BCUT2D eigenvalue weighted by Gasteiger charge is -2.13. The Kier molecular flexibility index (Phi) is 2.19. The zero-order valence-electron chi connectivity index (χ0n) is 9.42. The quantitative estimate of drug-likeness (QED) is 0.737. The minimum atomic E-state index is 0.308. The van der Waals surface area contributed by atoms with Crippen LogP contribution in [0.15, 0.2) is 12.1 Å². The van der Waals surface area contributed by atoms with Crippen molar-refractivity contribution >= 4 is 0 Å². The molecule has 1 saturated carbocycles. The van der Waals surface area contributed by atoms with Crippen LogP contribution in [0.25, 0.3) is 0 Å². The number of ether oxygens (including phenoxy) is 1. The Balaban J connectivity index is 2.54. The molecule has 2 rings (SSSR count). The first-order valence-corrected chi connectivity index (χ1v) is 5.20. The monoisotopic (exact) mass is 201 g/mol. The van der Waals surface area contributed by atoms with Crippen molar-refractivity contribution in [2.75, 3.05) is 7.11 Å². The molecule has 0 aromatic heterocycles. The van der Waals surface area contributed by atoms with Gasteiger partial charge >= 0.3 is 0 Å². The molecule has 0 saturated heterocycles. The molecule has 0 amide bonds. The van der Waals surface area contributed by atoms with Gasteiger partial charge in [0.15, 0.2) is 0 Å². The maximum atomic E-state index is 9.05. The van der Waals surface area contributed by atoms with Crippen LogP contribution in [-0.4, -0.2) is 7.11 Å². The summed E-state index contributed by atoms with van der Waals surface area (Å²) in [5.74, 6) is 0.713. The highest BCUT2D eigenvalue weighted by molar-refractivity contribution is 5.52. The fourth-order valence-corrected chi connectivity index (χ4v) is 1.95. The molecule has 0 unspecified atom stereocenters. The van der Waals surface area contributed by atoms with Crippen LogP contribution in [-0.2, 0) is 5.41 Å². The highest BCUT2D eigenvalue weighted by Gasteiger charge is 2.39. The lowest BCUT2D eigenvalue weighted by molar-refractivity contribution is 0.410. The van der Waals surface area contributed by atoms with Gasteiger partial charge in [0, 0.05) is 0 Å². The van der Waals surface area contributed by atoms with Gasteiger partial charge in [-0.25, -0.2) is 0 Å². The van der Waals surface area contributed by atoms with E-state index in [2.05, 4.69) is 19.1 Å². The number of aryl methyl sites for hydroxylation is 1. The van der Waals surface area contributed by atoms with Crippen LogP contribution in [0.1, 0.15) is 36.5 Å². The summed E-state index contributed by atoms with van der Waals surface area (Å²) in [6.07, 6.45) is 2.45. The third kappa shape index (κ3) is 1.59. The molecule has 1 aliphatic rings. The van der Waals surface area contributed by atoms with Gasteiger partial charge in [-0.1, -0.05) is 13.0 Å². The van der Waals surface area contributed by atoms with Gasteiger partial charge < -0.3 is 4.74 Å². The first kappa shape index (κ1) is 10.0. The van der Waals surface area contributed by atoms with Crippen molar-refractivity contribution < 1.29 is 4.74 Å². The van der Waals surface area contributed by atoms with E-state index in [0.29, 0.717) is 16.7 Å². The molecule has 0 spiro atoms. The van der Waals surface area contributed by atoms with Gasteiger partial charge in [0.1, 0.15) is 11.8 Å². The van der Waals surface area contributed by atoms with Crippen LogP contribution in [0.4, 0.5) is 0 Å². The van der Waals surface area contributed by atoms with E-state index in [1.165, 1.54) is 18.4 Å². The summed E-state index contributed by atoms with van der Waals surface area (Å²) in [6.45, 7) is 4.24. The number of rotatable bonds is 2. The molecule has 1 aromatic rings. The highest BCUT2D eigenvalue weighted by Crippen LogP contribution is 2.48. The number of benzene rings is 1. The summed E-state index contributed by atoms with van der Waals surface area (Å²) in [5, 5.41) is 9.05.